The topological polar surface area (TPSA) is 76.8 Å². The van der Waals surface area contributed by atoms with Crippen molar-refractivity contribution in [2.24, 2.45) is 13.0 Å². The predicted molar refractivity (Wildman–Crippen MR) is 99.8 cm³/mol. The summed E-state index contributed by atoms with van der Waals surface area (Å²) >= 11 is 0. The van der Waals surface area contributed by atoms with Crippen molar-refractivity contribution in [3.8, 4) is 0 Å². The number of aromatic nitrogens is 4. The lowest BCUT2D eigenvalue weighted by Gasteiger charge is -2.17. The zero-order valence-corrected chi connectivity index (χ0v) is 15.1. The maximum Gasteiger partial charge on any atom is 0.225 e. The number of hydrogen-bond donors (Lipinski definition) is 2. The first-order valence-corrected chi connectivity index (χ1v) is 9.02. The third kappa shape index (κ3) is 3.10. The lowest BCUT2D eigenvalue weighted by atomic mass is 9.90. The molecule has 1 saturated heterocycles. The Kier molecular flexibility index (Phi) is 4.46. The summed E-state index contributed by atoms with van der Waals surface area (Å²) in [5.74, 6) is 1.20. The molecule has 1 fully saturated rings. The molecule has 2 N–H and O–H groups in total. The molecular weight excluding hydrogens is 328 g/mol. The van der Waals surface area contributed by atoms with Gasteiger partial charge in [-0.05, 0) is 24.6 Å². The molecule has 1 amide bonds. The molecule has 0 saturated carbocycles. The molecular formula is C19H24N6O. The van der Waals surface area contributed by atoms with E-state index in [1.165, 1.54) is 0 Å². The van der Waals surface area contributed by atoms with Crippen LogP contribution in [0.1, 0.15) is 17.3 Å². The largest absolute Gasteiger partial charge is 0.354 e. The number of nitrogens with zero attached hydrogens (tertiary/aromatic N) is 4. The number of fused-ring (bicyclic) bond motifs is 1. The van der Waals surface area contributed by atoms with Crippen LogP contribution in [-0.4, -0.2) is 44.9 Å². The van der Waals surface area contributed by atoms with Crippen molar-refractivity contribution in [1.82, 2.24) is 30.0 Å². The van der Waals surface area contributed by atoms with Crippen LogP contribution in [0.3, 0.4) is 0 Å². The quantitative estimate of drug-likeness (QED) is 0.723. The van der Waals surface area contributed by atoms with Crippen molar-refractivity contribution in [2.75, 3.05) is 19.6 Å². The number of imidazole rings is 1. The second-order valence-corrected chi connectivity index (χ2v) is 6.91. The van der Waals surface area contributed by atoms with E-state index in [1.54, 1.807) is 4.68 Å². The van der Waals surface area contributed by atoms with Gasteiger partial charge in [0.25, 0.3) is 0 Å². The van der Waals surface area contributed by atoms with Crippen LogP contribution in [-0.2, 0) is 18.4 Å². The van der Waals surface area contributed by atoms with Gasteiger partial charge in [-0.15, -0.1) is 0 Å². The fourth-order valence-corrected chi connectivity index (χ4v) is 3.84. The van der Waals surface area contributed by atoms with Crippen molar-refractivity contribution in [1.29, 1.82) is 0 Å². The maximum absolute atomic E-state index is 12.7. The number of hydrogen-bond acceptors (Lipinski definition) is 4. The van der Waals surface area contributed by atoms with E-state index in [9.17, 15) is 4.79 Å². The number of nitrogens with one attached hydrogen (secondary N) is 2. The second kappa shape index (κ2) is 6.92. The molecule has 0 spiro atoms. The van der Waals surface area contributed by atoms with Gasteiger partial charge in [-0.3, -0.25) is 9.48 Å². The second-order valence-electron chi connectivity index (χ2n) is 6.91. The van der Waals surface area contributed by atoms with E-state index in [-0.39, 0.29) is 17.7 Å². The summed E-state index contributed by atoms with van der Waals surface area (Å²) in [4.78, 5) is 17.3. The third-order valence-corrected chi connectivity index (χ3v) is 5.18. The van der Waals surface area contributed by atoms with E-state index in [4.69, 9.17) is 0 Å². The summed E-state index contributed by atoms with van der Waals surface area (Å²) in [5, 5.41) is 10.7. The van der Waals surface area contributed by atoms with Gasteiger partial charge in [-0.2, -0.15) is 5.10 Å². The number of carbonyl (C=O) groups excluding carboxylic acids is 1. The van der Waals surface area contributed by atoms with Crippen LogP contribution in [0.15, 0.2) is 36.7 Å². The van der Waals surface area contributed by atoms with Crippen LogP contribution in [0.2, 0.25) is 0 Å². The predicted octanol–water partition coefficient (Wildman–Crippen LogP) is 1.20. The van der Waals surface area contributed by atoms with E-state index in [0.29, 0.717) is 13.1 Å². The molecule has 3 aromatic rings. The lowest BCUT2D eigenvalue weighted by molar-refractivity contribution is -0.124. The Labute approximate surface area is 152 Å². The van der Waals surface area contributed by atoms with Crippen molar-refractivity contribution >= 4 is 16.9 Å². The fourth-order valence-electron chi connectivity index (χ4n) is 3.84. The highest BCUT2D eigenvalue weighted by Gasteiger charge is 2.34. The van der Waals surface area contributed by atoms with Crippen LogP contribution in [0.25, 0.3) is 11.0 Å². The molecule has 4 rings (SSSR count). The van der Waals surface area contributed by atoms with Crippen LogP contribution in [0, 0.1) is 12.8 Å². The standard InChI is InChI=1S/C19H24N6O/c1-13-23-17-5-3-4-6-18(17)25(13)8-7-21-19(26)16-11-20-10-15(16)14-9-22-24(2)12-14/h3-6,9,12,15-16,20H,7-8,10-11H2,1-2H3,(H,21,26)/t15-,16+/m1/s1. The zero-order chi connectivity index (χ0) is 18.1. The Balaban J connectivity index is 1.40. The monoisotopic (exact) mass is 352 g/mol. The molecule has 7 heteroatoms. The summed E-state index contributed by atoms with van der Waals surface area (Å²) < 4.78 is 3.94. The minimum Gasteiger partial charge on any atom is -0.354 e. The first kappa shape index (κ1) is 16.8. The van der Waals surface area contributed by atoms with Crippen molar-refractivity contribution in [3.05, 3.63) is 48.0 Å². The fraction of sp³-hybridized carbons (Fsp3) is 0.421. The smallest absolute Gasteiger partial charge is 0.225 e. The highest BCUT2D eigenvalue weighted by molar-refractivity contribution is 5.80. The van der Waals surface area contributed by atoms with Gasteiger partial charge in [0.1, 0.15) is 5.82 Å². The van der Waals surface area contributed by atoms with E-state index in [0.717, 1.165) is 35.5 Å². The van der Waals surface area contributed by atoms with Crippen LogP contribution in [0.5, 0.6) is 0 Å². The molecule has 2 atom stereocenters. The van der Waals surface area contributed by atoms with E-state index < -0.39 is 0 Å². The molecule has 26 heavy (non-hydrogen) atoms. The van der Waals surface area contributed by atoms with Gasteiger partial charge in [0.05, 0.1) is 23.1 Å². The summed E-state index contributed by atoms with van der Waals surface area (Å²) in [6, 6.07) is 8.09. The van der Waals surface area contributed by atoms with Crippen LogP contribution in [0.4, 0.5) is 0 Å². The van der Waals surface area contributed by atoms with Gasteiger partial charge >= 0.3 is 0 Å². The normalized spacial score (nSPS) is 19.9. The molecule has 3 heterocycles. The van der Waals surface area contributed by atoms with E-state index >= 15 is 0 Å². The SMILES string of the molecule is Cc1nc2ccccc2n1CCNC(=O)[C@H]1CNC[C@@H]1c1cnn(C)c1. The molecule has 136 valence electrons. The van der Waals surface area contributed by atoms with Gasteiger partial charge in [-0.25, -0.2) is 4.98 Å². The molecule has 2 aromatic heterocycles. The number of benzene rings is 1. The number of carbonyl (C=O) groups is 1. The van der Waals surface area contributed by atoms with Crippen molar-refractivity contribution in [3.63, 3.8) is 0 Å². The molecule has 0 aliphatic carbocycles. The minimum atomic E-state index is -0.0557. The Hall–Kier alpha value is -2.67. The Morgan fingerprint density at radius 1 is 1.35 bits per heavy atom. The van der Waals surface area contributed by atoms with Gasteiger partial charge in [0.15, 0.2) is 0 Å². The molecule has 1 aromatic carbocycles. The Bertz CT molecular complexity index is 927. The number of para-hydroxylation sites is 2. The molecule has 1 aliphatic heterocycles. The molecule has 0 bridgehead atoms. The van der Waals surface area contributed by atoms with Gasteiger partial charge in [0, 0.05) is 45.3 Å². The Morgan fingerprint density at radius 3 is 3.00 bits per heavy atom. The van der Waals surface area contributed by atoms with Crippen LogP contribution >= 0.6 is 0 Å². The van der Waals surface area contributed by atoms with Crippen molar-refractivity contribution in [2.45, 2.75) is 19.4 Å². The molecule has 1 aliphatic rings. The summed E-state index contributed by atoms with van der Waals surface area (Å²) in [6.07, 6.45) is 3.86. The maximum atomic E-state index is 12.7. The minimum absolute atomic E-state index is 0.0557. The lowest BCUT2D eigenvalue weighted by Crippen LogP contribution is -2.36. The average molecular weight is 352 g/mol. The Morgan fingerprint density at radius 2 is 2.19 bits per heavy atom. The summed E-state index contributed by atoms with van der Waals surface area (Å²) in [6.45, 7) is 4.83. The number of rotatable bonds is 5. The van der Waals surface area contributed by atoms with Crippen molar-refractivity contribution < 1.29 is 4.79 Å². The van der Waals surface area contributed by atoms with Gasteiger partial charge in [-0.1, -0.05) is 12.1 Å². The molecule has 0 radical (unpaired) electrons. The highest BCUT2D eigenvalue weighted by Crippen LogP contribution is 2.27. The third-order valence-electron chi connectivity index (χ3n) is 5.18. The first-order valence-electron chi connectivity index (χ1n) is 9.02. The highest BCUT2D eigenvalue weighted by atomic mass is 16.1. The van der Waals surface area contributed by atoms with Gasteiger partial charge in [0.2, 0.25) is 5.91 Å². The summed E-state index contributed by atoms with van der Waals surface area (Å²) in [5.41, 5.74) is 3.22. The number of aryl methyl sites for hydroxylation is 2. The van der Waals surface area contributed by atoms with Gasteiger partial charge < -0.3 is 15.2 Å². The van der Waals surface area contributed by atoms with E-state index in [1.807, 2.05) is 44.6 Å². The van der Waals surface area contributed by atoms with E-state index in [2.05, 4.69) is 31.3 Å². The molecule has 0 unspecified atom stereocenters. The summed E-state index contributed by atoms with van der Waals surface area (Å²) in [7, 11) is 1.90. The molecule has 7 nitrogen and oxygen atoms in total. The van der Waals surface area contributed by atoms with Crippen LogP contribution < -0.4 is 10.6 Å². The average Bonchev–Trinajstić information content (AvgIpc) is 3.33. The number of amides is 1. The zero-order valence-electron chi connectivity index (χ0n) is 15.1. The first-order chi connectivity index (χ1) is 12.6.